The predicted molar refractivity (Wildman–Crippen MR) is 69.3 cm³/mol. The van der Waals surface area contributed by atoms with E-state index in [0.29, 0.717) is 26.2 Å². The first kappa shape index (κ1) is 15.5. The van der Waals surface area contributed by atoms with Crippen molar-refractivity contribution in [2.45, 2.75) is 19.1 Å². The van der Waals surface area contributed by atoms with Gasteiger partial charge in [0, 0.05) is 37.8 Å². The van der Waals surface area contributed by atoms with Crippen molar-refractivity contribution in [3.05, 3.63) is 34.1 Å². The molecule has 0 spiro atoms. The molecule has 0 aliphatic carbocycles. The van der Waals surface area contributed by atoms with Crippen LogP contribution in [-0.2, 0) is 6.18 Å². The average molecular weight is 311 g/mol. The van der Waals surface area contributed by atoms with Crippen LogP contribution >= 0.6 is 11.6 Å². The molecular weight excluding hydrogens is 296 g/mol. The van der Waals surface area contributed by atoms with Gasteiger partial charge in [-0.15, -0.1) is 0 Å². The first-order valence-corrected chi connectivity index (χ1v) is 6.70. The third-order valence-corrected chi connectivity index (χ3v) is 3.85. The fourth-order valence-electron chi connectivity index (χ4n) is 2.47. The molecule has 0 aromatic heterocycles. The smallest absolute Gasteiger partial charge is 0.314 e. The summed E-state index contributed by atoms with van der Waals surface area (Å²) < 4.78 is 53.3. The summed E-state index contributed by atoms with van der Waals surface area (Å²) in [5.41, 5.74) is -1.32. The summed E-state index contributed by atoms with van der Waals surface area (Å²) in [5, 5.41) is 2.83. The van der Waals surface area contributed by atoms with Gasteiger partial charge >= 0.3 is 6.18 Å². The Hall–Kier alpha value is -0.850. The maximum atomic E-state index is 14.1. The molecule has 1 N–H and O–H groups in total. The minimum absolute atomic E-state index is 0.282. The van der Waals surface area contributed by atoms with E-state index in [1.165, 1.54) is 0 Å². The number of benzene rings is 1. The van der Waals surface area contributed by atoms with E-state index in [-0.39, 0.29) is 10.6 Å². The maximum absolute atomic E-state index is 14.1. The SMILES string of the molecule is C[C@H](c1c(C(F)(F)F)ccc(Cl)c1F)N1CCNCC1. The summed E-state index contributed by atoms with van der Waals surface area (Å²) in [6.07, 6.45) is -4.59. The Balaban J connectivity index is 2.44. The first-order valence-electron chi connectivity index (χ1n) is 6.32. The summed E-state index contributed by atoms with van der Waals surface area (Å²) in [7, 11) is 0. The molecule has 0 saturated carbocycles. The molecule has 1 aromatic rings. The lowest BCUT2D eigenvalue weighted by molar-refractivity contribution is -0.139. The summed E-state index contributed by atoms with van der Waals surface area (Å²) in [6, 6.07) is 1.13. The molecule has 0 bridgehead atoms. The van der Waals surface area contributed by atoms with Crippen LogP contribution in [0.25, 0.3) is 0 Å². The number of nitrogens with zero attached hydrogens (tertiary/aromatic N) is 1. The lowest BCUT2D eigenvalue weighted by Gasteiger charge is -2.34. The Bertz CT molecular complexity index is 484. The summed E-state index contributed by atoms with van der Waals surface area (Å²) in [4.78, 5) is 1.82. The van der Waals surface area contributed by atoms with Gasteiger partial charge in [0.2, 0.25) is 0 Å². The molecule has 0 amide bonds. The first-order chi connectivity index (χ1) is 9.32. The number of hydrogen-bond acceptors (Lipinski definition) is 2. The van der Waals surface area contributed by atoms with Crippen LogP contribution in [0.1, 0.15) is 24.1 Å². The molecule has 112 valence electrons. The van der Waals surface area contributed by atoms with Gasteiger partial charge in [-0.3, -0.25) is 4.90 Å². The molecule has 7 heteroatoms. The average Bonchev–Trinajstić information content (AvgIpc) is 2.40. The fraction of sp³-hybridized carbons (Fsp3) is 0.538. The van der Waals surface area contributed by atoms with E-state index in [1.54, 1.807) is 6.92 Å². The molecular formula is C13H15ClF4N2. The van der Waals surface area contributed by atoms with Crippen molar-refractivity contribution in [2.24, 2.45) is 0 Å². The Morgan fingerprint density at radius 3 is 2.40 bits per heavy atom. The molecule has 1 aliphatic heterocycles. The van der Waals surface area contributed by atoms with Gasteiger partial charge in [-0.1, -0.05) is 11.6 Å². The van der Waals surface area contributed by atoms with Crippen molar-refractivity contribution >= 4 is 11.6 Å². The highest BCUT2D eigenvalue weighted by Gasteiger charge is 2.38. The van der Waals surface area contributed by atoms with Gasteiger partial charge in [0.05, 0.1) is 10.6 Å². The van der Waals surface area contributed by atoms with Crippen molar-refractivity contribution < 1.29 is 17.6 Å². The molecule has 1 aromatic carbocycles. The van der Waals surface area contributed by atoms with Crippen LogP contribution in [0.5, 0.6) is 0 Å². The zero-order chi connectivity index (χ0) is 14.9. The number of halogens is 5. The molecule has 1 fully saturated rings. The van der Waals surface area contributed by atoms with Crippen LogP contribution in [0, 0.1) is 5.82 Å². The zero-order valence-electron chi connectivity index (χ0n) is 10.9. The number of alkyl halides is 3. The van der Waals surface area contributed by atoms with Crippen molar-refractivity contribution in [3.63, 3.8) is 0 Å². The Kier molecular flexibility index (Phi) is 4.56. The van der Waals surface area contributed by atoms with E-state index >= 15 is 0 Å². The maximum Gasteiger partial charge on any atom is 0.416 e. The Morgan fingerprint density at radius 1 is 1.25 bits per heavy atom. The van der Waals surface area contributed by atoms with Crippen molar-refractivity contribution in [1.29, 1.82) is 0 Å². The monoisotopic (exact) mass is 310 g/mol. The minimum atomic E-state index is -4.59. The molecule has 2 nitrogen and oxygen atoms in total. The van der Waals surface area contributed by atoms with E-state index in [2.05, 4.69) is 5.32 Å². The van der Waals surface area contributed by atoms with Gasteiger partial charge in [-0.2, -0.15) is 13.2 Å². The van der Waals surface area contributed by atoms with Gasteiger partial charge in [-0.25, -0.2) is 4.39 Å². The van der Waals surface area contributed by atoms with E-state index in [4.69, 9.17) is 11.6 Å². The van der Waals surface area contributed by atoms with Gasteiger partial charge in [0.1, 0.15) is 5.82 Å². The third kappa shape index (κ3) is 3.07. The fourth-order valence-corrected chi connectivity index (χ4v) is 2.64. The van der Waals surface area contributed by atoms with Crippen molar-refractivity contribution in [2.75, 3.05) is 26.2 Å². The number of piperazine rings is 1. The lowest BCUT2D eigenvalue weighted by Crippen LogP contribution is -2.45. The van der Waals surface area contributed by atoms with Gasteiger partial charge < -0.3 is 5.32 Å². The zero-order valence-corrected chi connectivity index (χ0v) is 11.7. The largest absolute Gasteiger partial charge is 0.416 e. The van der Waals surface area contributed by atoms with Crippen LogP contribution in [-0.4, -0.2) is 31.1 Å². The Morgan fingerprint density at radius 2 is 1.85 bits per heavy atom. The second kappa shape index (κ2) is 5.87. The standard InChI is InChI=1S/C13H15ClF4N2/c1-8(20-6-4-19-5-7-20)11-9(13(16,17)18)2-3-10(14)12(11)15/h2-3,8,19H,4-7H2,1H3/t8-/m1/s1. The second-order valence-corrected chi connectivity index (χ2v) is 5.19. The third-order valence-electron chi connectivity index (χ3n) is 3.56. The van der Waals surface area contributed by atoms with Crippen LogP contribution in [0.15, 0.2) is 12.1 Å². The Labute approximate surface area is 119 Å². The molecule has 0 radical (unpaired) electrons. The number of hydrogen-bond donors (Lipinski definition) is 1. The van der Waals surface area contributed by atoms with Crippen molar-refractivity contribution in [1.82, 2.24) is 10.2 Å². The molecule has 1 heterocycles. The second-order valence-electron chi connectivity index (χ2n) is 4.78. The minimum Gasteiger partial charge on any atom is -0.314 e. The van der Waals surface area contributed by atoms with E-state index in [9.17, 15) is 17.6 Å². The molecule has 0 unspecified atom stereocenters. The van der Waals surface area contributed by atoms with Crippen LogP contribution in [0.2, 0.25) is 5.02 Å². The van der Waals surface area contributed by atoms with Gasteiger partial charge in [-0.05, 0) is 19.1 Å². The molecule has 1 aliphatic rings. The quantitative estimate of drug-likeness (QED) is 0.842. The molecule has 2 rings (SSSR count). The summed E-state index contributed by atoms with van der Waals surface area (Å²) >= 11 is 5.65. The highest BCUT2D eigenvalue weighted by atomic mass is 35.5. The summed E-state index contributed by atoms with van der Waals surface area (Å²) in [6.45, 7) is 4.08. The van der Waals surface area contributed by atoms with Crippen LogP contribution in [0.4, 0.5) is 17.6 Å². The molecule has 1 atom stereocenters. The highest BCUT2D eigenvalue weighted by molar-refractivity contribution is 6.30. The number of nitrogens with one attached hydrogen (secondary N) is 1. The normalized spacial score (nSPS) is 19.1. The summed E-state index contributed by atoms with van der Waals surface area (Å²) in [5.74, 6) is -0.979. The van der Waals surface area contributed by atoms with Crippen LogP contribution in [0.3, 0.4) is 0 Å². The van der Waals surface area contributed by atoms with Crippen LogP contribution < -0.4 is 5.32 Å². The molecule has 20 heavy (non-hydrogen) atoms. The lowest BCUT2D eigenvalue weighted by atomic mass is 9.98. The topological polar surface area (TPSA) is 15.3 Å². The predicted octanol–water partition coefficient (Wildman–Crippen LogP) is 3.46. The van der Waals surface area contributed by atoms with E-state index < -0.39 is 23.6 Å². The highest BCUT2D eigenvalue weighted by Crippen LogP contribution is 2.39. The number of rotatable bonds is 2. The van der Waals surface area contributed by atoms with Crippen molar-refractivity contribution in [3.8, 4) is 0 Å². The van der Waals surface area contributed by atoms with E-state index in [1.807, 2.05) is 4.90 Å². The molecule has 1 saturated heterocycles. The van der Waals surface area contributed by atoms with Gasteiger partial charge in [0.15, 0.2) is 0 Å². The van der Waals surface area contributed by atoms with Gasteiger partial charge in [0.25, 0.3) is 0 Å². The van der Waals surface area contributed by atoms with E-state index in [0.717, 1.165) is 12.1 Å².